The topological polar surface area (TPSA) is 108 Å². The summed E-state index contributed by atoms with van der Waals surface area (Å²) in [6.07, 6.45) is 7.62. The Bertz CT molecular complexity index is 1110. The fraction of sp³-hybridized carbons (Fsp3) is 0.333. The highest BCUT2D eigenvalue weighted by Gasteiger charge is 2.31. The Kier molecular flexibility index (Phi) is 4.19. The Hall–Kier alpha value is -3.01. The first-order valence-corrected chi connectivity index (χ1v) is 10.1. The molecule has 0 aromatic carbocycles. The molecule has 142 valence electrons. The molecule has 9 nitrogen and oxygen atoms in total. The first-order chi connectivity index (χ1) is 13.7. The number of amides is 1. The van der Waals surface area contributed by atoms with Gasteiger partial charge in [0.05, 0.1) is 11.7 Å². The molecule has 28 heavy (non-hydrogen) atoms. The molecule has 1 aliphatic heterocycles. The van der Waals surface area contributed by atoms with E-state index in [4.69, 9.17) is 0 Å². The number of anilines is 1. The van der Waals surface area contributed by atoms with Crippen molar-refractivity contribution >= 4 is 23.5 Å². The number of thioether (sulfide) groups is 1. The fourth-order valence-electron chi connectivity index (χ4n) is 3.66. The van der Waals surface area contributed by atoms with Gasteiger partial charge in [0.15, 0.2) is 11.0 Å². The molecule has 0 fully saturated rings. The molecular weight excluding hydrogens is 378 g/mol. The van der Waals surface area contributed by atoms with Crippen LogP contribution in [0.15, 0.2) is 40.8 Å². The molecule has 1 atom stereocenters. The number of hydrogen-bond donors (Lipinski definition) is 1. The van der Waals surface area contributed by atoms with E-state index in [1.54, 1.807) is 33.8 Å². The van der Waals surface area contributed by atoms with Crippen molar-refractivity contribution in [1.29, 1.82) is 0 Å². The Morgan fingerprint density at radius 1 is 1.32 bits per heavy atom. The summed E-state index contributed by atoms with van der Waals surface area (Å²) in [5.74, 6) is 1.43. The third-order valence-corrected chi connectivity index (χ3v) is 6.05. The van der Waals surface area contributed by atoms with E-state index in [0.29, 0.717) is 17.4 Å². The second-order valence-corrected chi connectivity index (χ2v) is 7.76. The summed E-state index contributed by atoms with van der Waals surface area (Å²) in [5, 5.41) is 7.64. The maximum atomic E-state index is 12.8. The number of aryl methyl sites for hydroxylation is 1. The fourth-order valence-corrected chi connectivity index (χ4v) is 4.81. The van der Waals surface area contributed by atoms with Crippen molar-refractivity contribution in [3.8, 4) is 5.82 Å². The third kappa shape index (κ3) is 2.99. The van der Waals surface area contributed by atoms with Crippen molar-refractivity contribution < 1.29 is 4.79 Å². The van der Waals surface area contributed by atoms with Crippen LogP contribution in [0.2, 0.25) is 0 Å². The van der Waals surface area contributed by atoms with Crippen molar-refractivity contribution in [2.45, 2.75) is 36.9 Å². The van der Waals surface area contributed by atoms with E-state index < -0.39 is 0 Å². The molecule has 0 bridgehead atoms. The first-order valence-electron chi connectivity index (χ1n) is 9.08. The van der Waals surface area contributed by atoms with Crippen molar-refractivity contribution in [3.63, 3.8) is 0 Å². The van der Waals surface area contributed by atoms with Gasteiger partial charge in [0.25, 0.3) is 5.56 Å². The molecule has 5 rings (SSSR count). The van der Waals surface area contributed by atoms with Crippen LogP contribution >= 0.6 is 11.8 Å². The lowest BCUT2D eigenvalue weighted by atomic mass is 10.2. The summed E-state index contributed by atoms with van der Waals surface area (Å²) < 4.78 is 3.29. The highest BCUT2D eigenvalue weighted by molar-refractivity contribution is 7.99. The minimum atomic E-state index is -0.198. The largest absolute Gasteiger partial charge is 0.310 e. The van der Waals surface area contributed by atoms with E-state index in [1.165, 1.54) is 18.1 Å². The summed E-state index contributed by atoms with van der Waals surface area (Å²) in [6, 6.07) is 3.25. The number of aromatic nitrogens is 6. The van der Waals surface area contributed by atoms with Crippen LogP contribution in [-0.2, 0) is 17.6 Å². The normalized spacial score (nSPS) is 17.4. The molecule has 0 saturated heterocycles. The van der Waals surface area contributed by atoms with Crippen molar-refractivity contribution in [2.24, 2.45) is 0 Å². The molecule has 0 unspecified atom stereocenters. The quantitative estimate of drug-likeness (QED) is 0.665. The number of nitrogens with zero attached hydrogens (tertiary/aromatic N) is 6. The van der Waals surface area contributed by atoms with Gasteiger partial charge in [0.1, 0.15) is 12.1 Å². The minimum Gasteiger partial charge on any atom is -0.310 e. The number of nitrogens with one attached hydrogen (secondary N) is 1. The predicted octanol–water partition coefficient (Wildman–Crippen LogP) is 1.38. The molecule has 0 spiro atoms. The van der Waals surface area contributed by atoms with E-state index in [2.05, 4.69) is 25.4 Å². The summed E-state index contributed by atoms with van der Waals surface area (Å²) in [6.45, 7) is 0. The van der Waals surface area contributed by atoms with Crippen LogP contribution in [0.5, 0.6) is 0 Å². The monoisotopic (exact) mass is 395 g/mol. The molecular formula is C18H17N7O2S. The SMILES string of the molecule is O=C(C[C@H]1CSc2nc3c(c(=O)n21)CCC3)Nc1cc(-n2cccn2)ncn1. The smallest absolute Gasteiger partial charge is 0.257 e. The predicted molar refractivity (Wildman–Crippen MR) is 103 cm³/mol. The standard InChI is InChI=1S/C18H17N7O2S/c26-16(23-14-8-15(20-10-19-14)24-6-2-5-21-24)7-11-9-28-18-22-13-4-1-3-12(13)17(27)25(11)18/h2,5-6,8,10-11H,1,3-4,7,9H2,(H,19,20,23,26)/t11-/m0/s1. The van der Waals surface area contributed by atoms with Gasteiger partial charge in [-0.05, 0) is 25.3 Å². The molecule has 3 aromatic heterocycles. The lowest BCUT2D eigenvalue weighted by Gasteiger charge is -2.14. The van der Waals surface area contributed by atoms with Crippen LogP contribution in [0.3, 0.4) is 0 Å². The van der Waals surface area contributed by atoms with Crippen LogP contribution in [0.25, 0.3) is 5.82 Å². The Labute approximate surface area is 164 Å². The number of rotatable bonds is 4. The summed E-state index contributed by atoms with van der Waals surface area (Å²) in [4.78, 5) is 38.3. The number of hydrogen-bond acceptors (Lipinski definition) is 7. The van der Waals surface area contributed by atoms with Crippen LogP contribution < -0.4 is 10.9 Å². The van der Waals surface area contributed by atoms with E-state index in [-0.39, 0.29) is 23.9 Å². The van der Waals surface area contributed by atoms with Gasteiger partial charge in [0.2, 0.25) is 5.91 Å². The summed E-state index contributed by atoms with van der Waals surface area (Å²) in [7, 11) is 0. The van der Waals surface area contributed by atoms with E-state index in [1.807, 2.05) is 0 Å². The first kappa shape index (κ1) is 17.1. The van der Waals surface area contributed by atoms with Crippen LogP contribution in [0.1, 0.15) is 30.1 Å². The number of carbonyl (C=O) groups excluding carboxylic acids is 1. The number of carbonyl (C=O) groups is 1. The van der Waals surface area contributed by atoms with Gasteiger partial charge in [0, 0.05) is 36.2 Å². The maximum Gasteiger partial charge on any atom is 0.257 e. The minimum absolute atomic E-state index is 0.0169. The second-order valence-electron chi connectivity index (χ2n) is 6.78. The van der Waals surface area contributed by atoms with Gasteiger partial charge in [-0.15, -0.1) is 0 Å². The Morgan fingerprint density at radius 3 is 3.11 bits per heavy atom. The third-order valence-electron chi connectivity index (χ3n) is 4.95. The molecule has 4 heterocycles. The second kappa shape index (κ2) is 6.86. The molecule has 1 amide bonds. The molecule has 0 radical (unpaired) electrons. The lowest BCUT2D eigenvalue weighted by Crippen LogP contribution is -2.30. The Balaban J connectivity index is 1.33. The average molecular weight is 395 g/mol. The van der Waals surface area contributed by atoms with Crippen molar-refractivity contribution in [2.75, 3.05) is 11.1 Å². The molecule has 0 saturated carbocycles. The lowest BCUT2D eigenvalue weighted by molar-refractivity contribution is -0.116. The van der Waals surface area contributed by atoms with E-state index in [9.17, 15) is 9.59 Å². The highest BCUT2D eigenvalue weighted by Crippen LogP contribution is 2.34. The number of fused-ring (bicyclic) bond motifs is 2. The highest BCUT2D eigenvalue weighted by atomic mass is 32.2. The summed E-state index contributed by atoms with van der Waals surface area (Å²) in [5.41, 5.74) is 1.76. The van der Waals surface area contributed by atoms with Gasteiger partial charge in [-0.3, -0.25) is 14.2 Å². The molecule has 1 N–H and O–H groups in total. The van der Waals surface area contributed by atoms with Gasteiger partial charge in [-0.25, -0.2) is 19.6 Å². The molecule has 1 aliphatic carbocycles. The Morgan fingerprint density at radius 2 is 2.25 bits per heavy atom. The average Bonchev–Trinajstić information content (AvgIpc) is 3.43. The van der Waals surface area contributed by atoms with Gasteiger partial charge >= 0.3 is 0 Å². The van der Waals surface area contributed by atoms with Gasteiger partial charge in [-0.2, -0.15) is 5.10 Å². The van der Waals surface area contributed by atoms with E-state index >= 15 is 0 Å². The van der Waals surface area contributed by atoms with Crippen LogP contribution in [0, 0.1) is 0 Å². The van der Waals surface area contributed by atoms with E-state index in [0.717, 1.165) is 35.7 Å². The zero-order valence-electron chi connectivity index (χ0n) is 14.9. The molecule has 3 aromatic rings. The van der Waals surface area contributed by atoms with Gasteiger partial charge < -0.3 is 5.32 Å². The molecule has 2 aliphatic rings. The van der Waals surface area contributed by atoms with Crippen LogP contribution in [0.4, 0.5) is 5.82 Å². The zero-order chi connectivity index (χ0) is 19.1. The molecule has 10 heteroatoms. The van der Waals surface area contributed by atoms with Crippen LogP contribution in [-0.4, -0.2) is 41.0 Å². The van der Waals surface area contributed by atoms with Gasteiger partial charge in [-0.1, -0.05) is 11.8 Å². The zero-order valence-corrected chi connectivity index (χ0v) is 15.7. The van der Waals surface area contributed by atoms with Crippen molar-refractivity contribution in [3.05, 3.63) is 52.5 Å². The summed E-state index contributed by atoms with van der Waals surface area (Å²) >= 11 is 1.54. The maximum absolute atomic E-state index is 12.8. The van der Waals surface area contributed by atoms with Crippen molar-refractivity contribution in [1.82, 2.24) is 29.3 Å².